The number of hydrogen-bond donors (Lipinski definition) is 0. The van der Waals surface area contributed by atoms with Gasteiger partial charge in [-0.15, -0.1) is 0 Å². The Balaban J connectivity index is 1.28. The number of carbonyl (C=O) groups is 1. The van der Waals surface area contributed by atoms with E-state index in [0.29, 0.717) is 13.0 Å². The Bertz CT molecular complexity index is 790. The van der Waals surface area contributed by atoms with Crippen molar-refractivity contribution in [2.24, 2.45) is 11.3 Å². The minimum Gasteiger partial charge on any atom is -0.355 e. The van der Waals surface area contributed by atoms with Crippen molar-refractivity contribution in [3.63, 3.8) is 0 Å². The number of ether oxygens (including phenoxy) is 1. The van der Waals surface area contributed by atoms with E-state index < -0.39 is 17.5 Å². The van der Waals surface area contributed by atoms with Gasteiger partial charge in [0.25, 0.3) is 0 Å². The molecule has 2 atom stereocenters. The van der Waals surface area contributed by atoms with Crippen molar-refractivity contribution < 1.29 is 22.7 Å². The first kappa shape index (κ1) is 19.4. The standard InChI is InChI=1S/C22H27F3N2O2/c23-22(24,25)17-4-2-16(3-5-17)12-26-11-10-21-18(13-26)6-7-19(28)27(21)14-20(15-29-21)8-1-9-20/h2-5,18H,1,6-15H2/t18-,21-/m0/s1. The summed E-state index contributed by atoms with van der Waals surface area (Å²) < 4.78 is 44.8. The van der Waals surface area contributed by atoms with Gasteiger partial charge in [0.05, 0.1) is 12.2 Å². The zero-order valence-corrected chi connectivity index (χ0v) is 16.5. The molecule has 0 aromatic heterocycles. The largest absolute Gasteiger partial charge is 0.416 e. The summed E-state index contributed by atoms with van der Waals surface area (Å²) in [7, 11) is 0. The van der Waals surface area contributed by atoms with E-state index in [4.69, 9.17) is 4.74 Å². The number of piperidine rings is 2. The van der Waals surface area contributed by atoms with Crippen molar-refractivity contribution in [3.05, 3.63) is 35.4 Å². The van der Waals surface area contributed by atoms with Gasteiger partial charge in [0.1, 0.15) is 5.72 Å². The number of benzene rings is 1. The lowest BCUT2D eigenvalue weighted by Gasteiger charge is -2.62. The maximum Gasteiger partial charge on any atom is 0.416 e. The summed E-state index contributed by atoms with van der Waals surface area (Å²) in [6, 6.07) is 5.46. The van der Waals surface area contributed by atoms with Crippen molar-refractivity contribution in [1.29, 1.82) is 0 Å². The number of likely N-dealkylation sites (tertiary alicyclic amines) is 1. The molecule has 5 rings (SSSR count). The van der Waals surface area contributed by atoms with Crippen molar-refractivity contribution in [1.82, 2.24) is 9.80 Å². The Morgan fingerprint density at radius 1 is 1.14 bits per heavy atom. The minimum atomic E-state index is -4.30. The molecule has 3 aliphatic heterocycles. The number of alkyl halides is 3. The highest BCUT2D eigenvalue weighted by atomic mass is 19.4. The molecule has 3 saturated heterocycles. The molecule has 0 N–H and O–H groups in total. The van der Waals surface area contributed by atoms with Gasteiger partial charge in [-0.2, -0.15) is 13.2 Å². The Morgan fingerprint density at radius 3 is 2.55 bits per heavy atom. The van der Waals surface area contributed by atoms with Crippen molar-refractivity contribution in [3.8, 4) is 0 Å². The predicted octanol–water partition coefficient (Wildman–Crippen LogP) is 4.05. The zero-order valence-electron chi connectivity index (χ0n) is 16.5. The van der Waals surface area contributed by atoms with Gasteiger partial charge >= 0.3 is 6.18 Å². The first-order valence-electron chi connectivity index (χ1n) is 10.6. The fourth-order valence-electron chi connectivity index (χ4n) is 5.71. The Hall–Kier alpha value is -1.60. The van der Waals surface area contributed by atoms with Crippen molar-refractivity contribution >= 4 is 5.91 Å². The molecule has 1 amide bonds. The average Bonchev–Trinajstić information content (AvgIpc) is 2.67. The van der Waals surface area contributed by atoms with Crippen LogP contribution in [0.15, 0.2) is 24.3 Å². The van der Waals surface area contributed by atoms with Gasteiger partial charge in [-0.1, -0.05) is 18.6 Å². The average molecular weight is 408 g/mol. The third-order valence-corrected chi connectivity index (χ3v) is 7.59. The predicted molar refractivity (Wildman–Crippen MR) is 101 cm³/mol. The number of rotatable bonds is 2. The second-order valence-electron chi connectivity index (χ2n) is 9.38. The highest BCUT2D eigenvalue weighted by Crippen LogP contribution is 2.52. The summed E-state index contributed by atoms with van der Waals surface area (Å²) in [6.45, 7) is 3.82. The van der Waals surface area contributed by atoms with E-state index >= 15 is 0 Å². The molecule has 0 bridgehead atoms. The van der Waals surface area contributed by atoms with Gasteiger partial charge in [0, 0.05) is 50.4 Å². The molecule has 4 aliphatic rings. The van der Waals surface area contributed by atoms with Gasteiger partial charge in [-0.05, 0) is 37.0 Å². The van der Waals surface area contributed by atoms with Crippen molar-refractivity contribution in [2.45, 2.75) is 57.0 Å². The van der Waals surface area contributed by atoms with Crippen LogP contribution in [0.5, 0.6) is 0 Å². The first-order chi connectivity index (χ1) is 13.8. The van der Waals surface area contributed by atoms with Crippen LogP contribution in [0.3, 0.4) is 0 Å². The topological polar surface area (TPSA) is 32.8 Å². The quantitative estimate of drug-likeness (QED) is 0.740. The maximum atomic E-state index is 12.8. The minimum absolute atomic E-state index is 0.181. The van der Waals surface area contributed by atoms with E-state index in [1.807, 2.05) is 0 Å². The number of carbonyl (C=O) groups excluding carboxylic acids is 1. The van der Waals surface area contributed by atoms with Crippen LogP contribution < -0.4 is 0 Å². The molecule has 29 heavy (non-hydrogen) atoms. The number of halogens is 3. The smallest absolute Gasteiger partial charge is 0.355 e. The molecule has 1 saturated carbocycles. The molecule has 1 aromatic rings. The summed E-state index contributed by atoms with van der Waals surface area (Å²) in [4.78, 5) is 17.1. The molecule has 1 aliphatic carbocycles. The molecule has 3 heterocycles. The third-order valence-electron chi connectivity index (χ3n) is 7.59. The summed E-state index contributed by atoms with van der Waals surface area (Å²) in [5, 5.41) is 0. The number of amides is 1. The van der Waals surface area contributed by atoms with Gasteiger partial charge in [0.2, 0.25) is 5.91 Å². The van der Waals surface area contributed by atoms with Crippen LogP contribution in [0.1, 0.15) is 49.7 Å². The Labute approximate surface area is 169 Å². The lowest BCUT2D eigenvalue weighted by molar-refractivity contribution is -0.282. The Kier molecular flexibility index (Phi) is 4.48. The highest BCUT2D eigenvalue weighted by molar-refractivity contribution is 5.78. The van der Waals surface area contributed by atoms with Gasteiger partial charge < -0.3 is 9.64 Å². The molecular formula is C22H27F3N2O2. The maximum absolute atomic E-state index is 12.8. The lowest BCUT2D eigenvalue weighted by atomic mass is 9.66. The SMILES string of the molecule is O=C1CC[C@H]2CN(Cc3ccc(C(F)(F)F)cc3)CC[C@]23OCC2(CCC2)CN13. The van der Waals surface area contributed by atoms with Gasteiger partial charge in [0.15, 0.2) is 0 Å². The lowest BCUT2D eigenvalue weighted by Crippen LogP contribution is -2.72. The van der Waals surface area contributed by atoms with Crippen LogP contribution in [0.2, 0.25) is 0 Å². The summed E-state index contributed by atoms with van der Waals surface area (Å²) >= 11 is 0. The van der Waals surface area contributed by atoms with E-state index in [-0.39, 0.29) is 17.2 Å². The Morgan fingerprint density at radius 2 is 1.90 bits per heavy atom. The molecule has 0 unspecified atom stereocenters. The molecule has 0 radical (unpaired) electrons. The summed E-state index contributed by atoms with van der Waals surface area (Å²) in [5.74, 6) is 0.490. The van der Waals surface area contributed by atoms with Crippen LogP contribution in [0, 0.1) is 11.3 Å². The highest BCUT2D eigenvalue weighted by Gasteiger charge is 2.59. The summed E-state index contributed by atoms with van der Waals surface area (Å²) in [5.41, 5.74) is -0.0102. The molecule has 1 aromatic carbocycles. The van der Waals surface area contributed by atoms with Crippen LogP contribution in [0.25, 0.3) is 0 Å². The van der Waals surface area contributed by atoms with E-state index in [0.717, 1.165) is 69.6 Å². The van der Waals surface area contributed by atoms with Crippen molar-refractivity contribution in [2.75, 3.05) is 26.2 Å². The fourth-order valence-corrected chi connectivity index (χ4v) is 5.71. The molecule has 4 nitrogen and oxygen atoms in total. The van der Waals surface area contributed by atoms with Gasteiger partial charge in [-0.25, -0.2) is 0 Å². The van der Waals surface area contributed by atoms with E-state index in [1.165, 1.54) is 6.42 Å². The molecule has 2 spiro atoms. The van der Waals surface area contributed by atoms with E-state index in [9.17, 15) is 18.0 Å². The molecule has 158 valence electrons. The van der Waals surface area contributed by atoms with Crippen LogP contribution in [-0.2, 0) is 22.3 Å². The fraction of sp³-hybridized carbons (Fsp3) is 0.682. The normalized spacial score (nSPS) is 31.9. The van der Waals surface area contributed by atoms with E-state index in [2.05, 4.69) is 9.80 Å². The molecule has 4 fully saturated rings. The van der Waals surface area contributed by atoms with Crippen LogP contribution in [0.4, 0.5) is 13.2 Å². The second-order valence-corrected chi connectivity index (χ2v) is 9.38. The zero-order chi connectivity index (χ0) is 20.3. The molecule has 7 heteroatoms. The van der Waals surface area contributed by atoms with Crippen LogP contribution in [-0.4, -0.2) is 47.7 Å². The second kappa shape index (κ2) is 6.71. The number of nitrogens with zero attached hydrogens (tertiary/aromatic N) is 2. The summed E-state index contributed by atoms with van der Waals surface area (Å²) in [6.07, 6.45) is 1.40. The first-order valence-corrected chi connectivity index (χ1v) is 10.6. The van der Waals surface area contributed by atoms with Crippen LogP contribution >= 0.6 is 0 Å². The molecular weight excluding hydrogens is 381 g/mol. The van der Waals surface area contributed by atoms with E-state index in [1.54, 1.807) is 12.1 Å². The monoisotopic (exact) mass is 408 g/mol. The van der Waals surface area contributed by atoms with Gasteiger partial charge in [-0.3, -0.25) is 9.69 Å². The number of hydrogen-bond acceptors (Lipinski definition) is 3. The third kappa shape index (κ3) is 3.26.